The summed E-state index contributed by atoms with van der Waals surface area (Å²) in [6.07, 6.45) is 4.79. The van der Waals surface area contributed by atoms with Crippen molar-refractivity contribution in [3.63, 3.8) is 0 Å². The van der Waals surface area contributed by atoms with E-state index in [1.807, 2.05) is 0 Å². The van der Waals surface area contributed by atoms with E-state index in [4.69, 9.17) is 9.47 Å². The molecule has 3 nitrogen and oxygen atoms in total. The van der Waals surface area contributed by atoms with E-state index in [0.717, 1.165) is 25.7 Å². The molecule has 1 heterocycles. The van der Waals surface area contributed by atoms with E-state index in [1.54, 1.807) is 6.07 Å². The Bertz CT molecular complexity index is 522. The molecule has 3 rings (SSSR count). The molecule has 108 valence electrons. The highest BCUT2D eigenvalue weighted by Crippen LogP contribution is 2.44. The van der Waals surface area contributed by atoms with E-state index in [9.17, 15) is 9.18 Å². The molecule has 1 saturated carbocycles. The zero-order valence-electron chi connectivity index (χ0n) is 11.7. The average molecular weight is 278 g/mol. The summed E-state index contributed by atoms with van der Waals surface area (Å²) >= 11 is 0. The molecule has 2 aliphatic rings. The third-order valence-corrected chi connectivity index (χ3v) is 4.56. The van der Waals surface area contributed by atoms with Crippen LogP contribution in [0.5, 0.6) is 5.75 Å². The molecule has 0 N–H and O–H groups in total. The first-order valence-electron chi connectivity index (χ1n) is 7.15. The zero-order chi connectivity index (χ0) is 14.2. The maximum absolute atomic E-state index is 13.7. The number of methoxy groups -OCH3 is 1. The quantitative estimate of drug-likeness (QED) is 0.795. The molecule has 1 aromatic rings. The number of Topliss-reactive ketones (excluding diaryl/α,β-unsaturated/α-hetero) is 1. The van der Waals surface area contributed by atoms with Gasteiger partial charge in [-0.25, -0.2) is 4.39 Å². The highest BCUT2D eigenvalue weighted by atomic mass is 19.1. The largest absolute Gasteiger partial charge is 0.494 e. The molecule has 0 radical (unpaired) electrons. The summed E-state index contributed by atoms with van der Waals surface area (Å²) in [5.74, 6) is -0.328. The van der Waals surface area contributed by atoms with Crippen molar-refractivity contribution in [2.24, 2.45) is 5.92 Å². The normalized spacial score (nSPS) is 24.2. The minimum Gasteiger partial charge on any atom is -0.494 e. The van der Waals surface area contributed by atoms with Crippen LogP contribution in [0.15, 0.2) is 18.2 Å². The van der Waals surface area contributed by atoms with Crippen LogP contribution in [0.3, 0.4) is 0 Å². The summed E-state index contributed by atoms with van der Waals surface area (Å²) in [5, 5.41) is 0. The van der Waals surface area contributed by atoms with Gasteiger partial charge in [0.25, 0.3) is 0 Å². The number of hydrogen-bond donors (Lipinski definition) is 0. The van der Waals surface area contributed by atoms with Crippen LogP contribution in [0.1, 0.15) is 42.5 Å². The molecule has 1 aliphatic heterocycles. The van der Waals surface area contributed by atoms with E-state index in [0.29, 0.717) is 12.2 Å². The Balaban J connectivity index is 1.76. The molecule has 1 atom stereocenters. The smallest absolute Gasteiger partial charge is 0.166 e. The van der Waals surface area contributed by atoms with Crippen molar-refractivity contribution in [2.75, 3.05) is 13.7 Å². The lowest BCUT2D eigenvalue weighted by Gasteiger charge is -2.46. The van der Waals surface area contributed by atoms with Crippen LogP contribution < -0.4 is 4.74 Å². The summed E-state index contributed by atoms with van der Waals surface area (Å²) in [6.45, 7) is 0.634. The molecule has 0 amide bonds. The monoisotopic (exact) mass is 278 g/mol. The minimum absolute atomic E-state index is 0.0288. The number of benzene rings is 1. The van der Waals surface area contributed by atoms with Gasteiger partial charge in [0, 0.05) is 18.1 Å². The number of halogens is 1. The predicted molar refractivity (Wildman–Crippen MR) is 72.5 cm³/mol. The number of carbonyl (C=O) groups excluding carboxylic acids is 1. The van der Waals surface area contributed by atoms with Gasteiger partial charge in [-0.1, -0.05) is 0 Å². The molecule has 1 saturated heterocycles. The molecule has 4 heteroatoms. The topological polar surface area (TPSA) is 35.5 Å². The molecule has 20 heavy (non-hydrogen) atoms. The van der Waals surface area contributed by atoms with Gasteiger partial charge in [-0.3, -0.25) is 4.79 Å². The number of ketones is 1. The van der Waals surface area contributed by atoms with Crippen molar-refractivity contribution in [2.45, 2.75) is 37.7 Å². The maximum atomic E-state index is 13.7. The summed E-state index contributed by atoms with van der Waals surface area (Å²) in [4.78, 5) is 12.5. The third-order valence-electron chi connectivity index (χ3n) is 4.56. The number of carbonyl (C=O) groups is 1. The van der Waals surface area contributed by atoms with Gasteiger partial charge in [-0.05, 0) is 50.3 Å². The first-order chi connectivity index (χ1) is 9.63. The lowest BCUT2D eigenvalue weighted by Crippen LogP contribution is -2.47. The average Bonchev–Trinajstić information content (AvgIpc) is 2.45. The first-order valence-corrected chi connectivity index (χ1v) is 7.15. The second-order valence-electron chi connectivity index (χ2n) is 5.79. The molecule has 1 aliphatic carbocycles. The molecular weight excluding hydrogens is 259 g/mol. The van der Waals surface area contributed by atoms with Gasteiger partial charge in [0.2, 0.25) is 0 Å². The van der Waals surface area contributed by atoms with Gasteiger partial charge < -0.3 is 9.47 Å². The van der Waals surface area contributed by atoms with Crippen molar-refractivity contribution in [1.29, 1.82) is 0 Å². The van der Waals surface area contributed by atoms with Crippen LogP contribution in [0.25, 0.3) is 0 Å². The molecule has 1 spiro atoms. The van der Waals surface area contributed by atoms with Crippen molar-refractivity contribution < 1.29 is 18.7 Å². The Morgan fingerprint density at radius 1 is 1.45 bits per heavy atom. The summed E-state index contributed by atoms with van der Waals surface area (Å²) in [7, 11) is 1.42. The van der Waals surface area contributed by atoms with Crippen LogP contribution in [0.4, 0.5) is 4.39 Å². The van der Waals surface area contributed by atoms with Crippen LogP contribution in [-0.2, 0) is 4.74 Å². The SMILES string of the molecule is COc1ccc(C(=O)C2CCOC3(CCC3)C2)cc1F. The lowest BCUT2D eigenvalue weighted by molar-refractivity contribution is -0.137. The second kappa shape index (κ2) is 5.17. The van der Waals surface area contributed by atoms with Crippen LogP contribution >= 0.6 is 0 Å². The molecule has 0 bridgehead atoms. The zero-order valence-corrected chi connectivity index (χ0v) is 11.7. The molecular formula is C16H19FO3. The standard InChI is InChI=1S/C16H19FO3/c1-19-14-4-3-11(9-13(14)17)15(18)12-5-8-20-16(10-12)6-2-7-16/h3-4,9,12H,2,5-8,10H2,1H3. The highest BCUT2D eigenvalue weighted by Gasteiger charge is 2.44. The third kappa shape index (κ3) is 2.33. The molecule has 2 fully saturated rings. The maximum Gasteiger partial charge on any atom is 0.166 e. The summed E-state index contributed by atoms with van der Waals surface area (Å²) in [5.41, 5.74) is 0.369. The molecule has 1 aromatic carbocycles. The van der Waals surface area contributed by atoms with Gasteiger partial charge >= 0.3 is 0 Å². The van der Waals surface area contributed by atoms with E-state index < -0.39 is 5.82 Å². The fourth-order valence-electron chi connectivity index (χ4n) is 3.23. The Hall–Kier alpha value is -1.42. The predicted octanol–water partition coefficient (Wildman–Crippen LogP) is 3.37. The second-order valence-corrected chi connectivity index (χ2v) is 5.79. The Kier molecular flexibility index (Phi) is 3.50. The fourth-order valence-corrected chi connectivity index (χ4v) is 3.23. The van der Waals surface area contributed by atoms with Gasteiger partial charge in [0.05, 0.1) is 12.7 Å². The van der Waals surface area contributed by atoms with Crippen LogP contribution in [0.2, 0.25) is 0 Å². The van der Waals surface area contributed by atoms with E-state index >= 15 is 0 Å². The summed E-state index contributed by atoms with van der Waals surface area (Å²) in [6, 6.07) is 4.44. The van der Waals surface area contributed by atoms with Crippen molar-refractivity contribution >= 4 is 5.78 Å². The summed E-state index contributed by atoms with van der Waals surface area (Å²) < 4.78 is 24.4. The van der Waals surface area contributed by atoms with Crippen molar-refractivity contribution in [3.05, 3.63) is 29.6 Å². The van der Waals surface area contributed by atoms with E-state index in [2.05, 4.69) is 0 Å². The Labute approximate surface area is 118 Å². The van der Waals surface area contributed by atoms with Gasteiger partial charge in [-0.2, -0.15) is 0 Å². The fraction of sp³-hybridized carbons (Fsp3) is 0.562. The van der Waals surface area contributed by atoms with E-state index in [1.165, 1.54) is 25.7 Å². The van der Waals surface area contributed by atoms with Crippen LogP contribution in [-0.4, -0.2) is 25.1 Å². The minimum atomic E-state index is -0.483. The Morgan fingerprint density at radius 3 is 2.85 bits per heavy atom. The van der Waals surface area contributed by atoms with Crippen molar-refractivity contribution in [3.8, 4) is 5.75 Å². The van der Waals surface area contributed by atoms with E-state index in [-0.39, 0.29) is 23.1 Å². The number of ether oxygens (including phenoxy) is 2. The first kappa shape index (κ1) is 13.6. The highest BCUT2D eigenvalue weighted by molar-refractivity contribution is 5.98. The molecule has 1 unspecified atom stereocenters. The van der Waals surface area contributed by atoms with Crippen molar-refractivity contribution in [1.82, 2.24) is 0 Å². The Morgan fingerprint density at radius 2 is 2.25 bits per heavy atom. The van der Waals surface area contributed by atoms with Gasteiger partial charge in [-0.15, -0.1) is 0 Å². The lowest BCUT2D eigenvalue weighted by atomic mass is 9.70. The van der Waals surface area contributed by atoms with Gasteiger partial charge in [0.1, 0.15) is 0 Å². The number of rotatable bonds is 3. The molecule has 0 aromatic heterocycles. The van der Waals surface area contributed by atoms with Crippen LogP contribution in [0, 0.1) is 11.7 Å². The number of hydrogen-bond acceptors (Lipinski definition) is 3. The van der Waals surface area contributed by atoms with Gasteiger partial charge in [0.15, 0.2) is 17.3 Å².